The first kappa shape index (κ1) is 12.7. The number of carbonyl (C=O) groups excluding carboxylic acids is 1. The Balaban J connectivity index is 2.41. The van der Waals surface area contributed by atoms with Crippen molar-refractivity contribution in [3.8, 4) is 0 Å². The first-order valence-corrected chi connectivity index (χ1v) is 5.57. The molecule has 0 spiro atoms. The molecule has 15 heavy (non-hydrogen) atoms. The molecule has 88 valence electrons. The van der Waals surface area contributed by atoms with Gasteiger partial charge in [-0.05, 0) is 24.2 Å². The van der Waals surface area contributed by atoms with Gasteiger partial charge >= 0.3 is 0 Å². The fourth-order valence-electron chi connectivity index (χ4n) is 2.44. The largest absolute Gasteiger partial charge is 0.356 e. The molecule has 0 N–H and O–H groups in total. The average Bonchev–Trinajstić information content (AvgIpc) is 2.41. The van der Waals surface area contributed by atoms with E-state index < -0.39 is 0 Å². The lowest BCUT2D eigenvalue weighted by atomic mass is 9.79. The van der Waals surface area contributed by atoms with Crippen molar-refractivity contribution in [1.82, 2.24) is 0 Å². The molecule has 0 aromatic carbocycles. The second-order valence-corrected chi connectivity index (χ2v) is 5.08. The van der Waals surface area contributed by atoms with Crippen molar-refractivity contribution in [3.05, 3.63) is 0 Å². The molecule has 1 aliphatic rings. The van der Waals surface area contributed by atoms with Crippen molar-refractivity contribution in [3.63, 3.8) is 0 Å². The number of rotatable bonds is 5. The Bertz CT molecular complexity index is 219. The summed E-state index contributed by atoms with van der Waals surface area (Å²) >= 11 is 0. The molecule has 3 nitrogen and oxygen atoms in total. The van der Waals surface area contributed by atoms with E-state index in [-0.39, 0.29) is 11.7 Å². The van der Waals surface area contributed by atoms with Gasteiger partial charge in [0.25, 0.3) is 0 Å². The van der Waals surface area contributed by atoms with Crippen molar-refractivity contribution in [2.24, 2.45) is 11.3 Å². The molecule has 0 amide bonds. The van der Waals surface area contributed by atoms with Crippen LogP contribution in [0.5, 0.6) is 0 Å². The summed E-state index contributed by atoms with van der Waals surface area (Å²) in [5, 5.41) is 0. The molecule has 0 unspecified atom stereocenters. The molecule has 0 radical (unpaired) electrons. The minimum Gasteiger partial charge on any atom is -0.356 e. The van der Waals surface area contributed by atoms with Crippen LogP contribution in [-0.4, -0.2) is 26.3 Å². The van der Waals surface area contributed by atoms with Gasteiger partial charge in [-0.1, -0.05) is 13.8 Å². The third kappa shape index (κ3) is 3.28. The van der Waals surface area contributed by atoms with Crippen LogP contribution in [-0.2, 0) is 14.3 Å². The summed E-state index contributed by atoms with van der Waals surface area (Å²) in [6, 6.07) is 0. The molecule has 0 heterocycles. The van der Waals surface area contributed by atoms with Crippen LogP contribution >= 0.6 is 0 Å². The van der Waals surface area contributed by atoms with Crippen LogP contribution in [0.1, 0.15) is 39.5 Å². The maximum Gasteiger partial charge on any atom is 0.156 e. The first-order valence-electron chi connectivity index (χ1n) is 5.57. The quantitative estimate of drug-likeness (QED) is 0.659. The maximum absolute atomic E-state index is 11.4. The Morgan fingerprint density at radius 3 is 2.40 bits per heavy atom. The highest BCUT2D eigenvalue weighted by atomic mass is 16.7. The van der Waals surface area contributed by atoms with Gasteiger partial charge in [0.2, 0.25) is 0 Å². The second kappa shape index (κ2) is 5.08. The lowest BCUT2D eigenvalue weighted by Crippen LogP contribution is -2.21. The Labute approximate surface area is 92.1 Å². The summed E-state index contributed by atoms with van der Waals surface area (Å²) in [7, 11) is 3.30. The minimum absolute atomic E-state index is 0.128. The molecule has 1 saturated carbocycles. The number of hydrogen-bond donors (Lipinski definition) is 0. The average molecular weight is 214 g/mol. The van der Waals surface area contributed by atoms with Crippen molar-refractivity contribution >= 4 is 5.78 Å². The van der Waals surface area contributed by atoms with E-state index >= 15 is 0 Å². The predicted octanol–water partition coefficient (Wildman–Crippen LogP) is 2.39. The van der Waals surface area contributed by atoms with E-state index in [1.54, 1.807) is 14.2 Å². The van der Waals surface area contributed by atoms with Crippen LogP contribution in [0.3, 0.4) is 0 Å². The van der Waals surface area contributed by atoms with Gasteiger partial charge in [0, 0.05) is 27.1 Å². The number of carbonyl (C=O) groups is 1. The van der Waals surface area contributed by atoms with E-state index in [4.69, 9.17) is 9.47 Å². The van der Waals surface area contributed by atoms with Gasteiger partial charge in [-0.15, -0.1) is 0 Å². The highest BCUT2D eigenvalue weighted by Gasteiger charge is 2.39. The fraction of sp³-hybridized carbons (Fsp3) is 0.917. The second-order valence-electron chi connectivity index (χ2n) is 5.08. The molecule has 0 aromatic rings. The van der Waals surface area contributed by atoms with Crippen molar-refractivity contribution < 1.29 is 14.3 Å². The summed E-state index contributed by atoms with van der Waals surface area (Å²) in [5.74, 6) is 0.884. The molecular weight excluding hydrogens is 192 g/mol. The van der Waals surface area contributed by atoms with Gasteiger partial charge in [0.15, 0.2) is 6.29 Å². The van der Waals surface area contributed by atoms with E-state index in [2.05, 4.69) is 13.8 Å². The molecule has 1 fully saturated rings. The van der Waals surface area contributed by atoms with Crippen molar-refractivity contribution in [1.29, 1.82) is 0 Å². The van der Waals surface area contributed by atoms with Gasteiger partial charge in [0.1, 0.15) is 5.78 Å². The molecule has 0 aromatic heterocycles. The summed E-state index contributed by atoms with van der Waals surface area (Å²) in [6.07, 6.45) is 3.20. The van der Waals surface area contributed by atoms with Crippen LogP contribution < -0.4 is 0 Å². The zero-order valence-corrected chi connectivity index (χ0v) is 10.2. The number of Topliss-reactive ketones (excluding diaryl/α,β-unsaturated/α-hetero) is 1. The molecule has 3 heteroatoms. The number of ether oxygens (including phenoxy) is 2. The molecule has 0 saturated heterocycles. The summed E-state index contributed by atoms with van der Waals surface area (Å²) in [6.45, 7) is 4.36. The normalized spacial score (nSPS) is 25.1. The topological polar surface area (TPSA) is 35.5 Å². The van der Waals surface area contributed by atoms with Gasteiger partial charge in [0.05, 0.1) is 0 Å². The minimum atomic E-state index is -0.128. The number of methoxy groups -OCH3 is 2. The van der Waals surface area contributed by atoms with E-state index in [1.165, 1.54) is 0 Å². The van der Waals surface area contributed by atoms with Gasteiger partial charge < -0.3 is 9.47 Å². The van der Waals surface area contributed by atoms with Crippen LogP contribution in [0.4, 0.5) is 0 Å². The Hall–Kier alpha value is -0.410. The smallest absolute Gasteiger partial charge is 0.156 e. The molecule has 0 bridgehead atoms. The Morgan fingerprint density at radius 2 is 2.00 bits per heavy atom. The Morgan fingerprint density at radius 1 is 1.40 bits per heavy atom. The van der Waals surface area contributed by atoms with E-state index in [1.807, 2.05) is 0 Å². The lowest BCUT2D eigenvalue weighted by molar-refractivity contribution is -0.118. The molecular formula is C12H22O3. The SMILES string of the molecule is COC(CC[C@H]1CC(=O)CC1(C)C)OC. The van der Waals surface area contributed by atoms with Crippen LogP contribution in [0, 0.1) is 11.3 Å². The lowest BCUT2D eigenvalue weighted by Gasteiger charge is -2.27. The summed E-state index contributed by atoms with van der Waals surface area (Å²) in [4.78, 5) is 11.4. The molecule has 1 atom stereocenters. The number of ketones is 1. The van der Waals surface area contributed by atoms with E-state index in [0.717, 1.165) is 25.7 Å². The van der Waals surface area contributed by atoms with Crippen LogP contribution in [0.25, 0.3) is 0 Å². The first-order chi connectivity index (χ1) is 6.99. The standard InChI is InChI=1S/C12H22O3/c1-12(2)8-10(13)7-9(12)5-6-11(14-3)15-4/h9,11H,5-8H2,1-4H3/t9-/m0/s1. The van der Waals surface area contributed by atoms with E-state index in [9.17, 15) is 4.79 Å². The van der Waals surface area contributed by atoms with Crippen LogP contribution in [0.15, 0.2) is 0 Å². The number of hydrogen-bond acceptors (Lipinski definition) is 3. The van der Waals surface area contributed by atoms with Crippen molar-refractivity contribution in [2.45, 2.75) is 45.8 Å². The predicted molar refractivity (Wildman–Crippen MR) is 58.6 cm³/mol. The maximum atomic E-state index is 11.4. The highest BCUT2D eigenvalue weighted by Crippen LogP contribution is 2.43. The highest BCUT2D eigenvalue weighted by molar-refractivity contribution is 5.81. The summed E-state index contributed by atoms with van der Waals surface area (Å²) < 4.78 is 10.3. The zero-order chi connectivity index (χ0) is 11.5. The zero-order valence-electron chi connectivity index (χ0n) is 10.2. The molecule has 1 rings (SSSR count). The third-order valence-electron chi connectivity index (χ3n) is 3.51. The molecule has 0 aliphatic heterocycles. The third-order valence-corrected chi connectivity index (χ3v) is 3.51. The van der Waals surface area contributed by atoms with Gasteiger partial charge in [-0.25, -0.2) is 0 Å². The monoisotopic (exact) mass is 214 g/mol. The van der Waals surface area contributed by atoms with Crippen molar-refractivity contribution in [2.75, 3.05) is 14.2 Å². The van der Waals surface area contributed by atoms with Gasteiger partial charge in [-0.3, -0.25) is 4.79 Å². The van der Waals surface area contributed by atoms with E-state index in [0.29, 0.717) is 11.7 Å². The Kier molecular flexibility index (Phi) is 4.29. The van der Waals surface area contributed by atoms with Crippen LogP contribution in [0.2, 0.25) is 0 Å². The fourth-order valence-corrected chi connectivity index (χ4v) is 2.44. The molecule has 1 aliphatic carbocycles. The van der Waals surface area contributed by atoms with Gasteiger partial charge in [-0.2, -0.15) is 0 Å². The summed E-state index contributed by atoms with van der Waals surface area (Å²) in [5.41, 5.74) is 0.156.